The normalized spacial score (nSPS) is 10.6. The number of aliphatic hydroxyl groups is 1. The number of halogens is 2. The molecule has 0 saturated carbocycles. The number of tetrazole rings is 1. The average molecular weight is 245 g/mol. The highest BCUT2D eigenvalue weighted by atomic mass is 35.5. The summed E-state index contributed by atoms with van der Waals surface area (Å²) in [6.45, 7) is -0.249. The van der Waals surface area contributed by atoms with Crippen molar-refractivity contribution in [3.8, 4) is 5.69 Å². The number of aliphatic hydroxyl groups excluding tert-OH is 1. The molecule has 0 bridgehead atoms. The first-order chi connectivity index (χ1) is 7.20. The molecule has 1 heterocycles. The van der Waals surface area contributed by atoms with E-state index in [1.165, 1.54) is 4.80 Å². The molecule has 7 heteroatoms. The minimum Gasteiger partial charge on any atom is -0.388 e. The monoisotopic (exact) mass is 244 g/mol. The van der Waals surface area contributed by atoms with Gasteiger partial charge in [-0.15, -0.1) is 15.0 Å². The Labute approximate surface area is 95.2 Å². The van der Waals surface area contributed by atoms with Crippen molar-refractivity contribution in [1.82, 2.24) is 20.2 Å². The molecule has 0 spiro atoms. The number of aromatic nitrogens is 4. The van der Waals surface area contributed by atoms with Gasteiger partial charge in [0.15, 0.2) is 0 Å². The Bertz CT molecular complexity index is 485. The topological polar surface area (TPSA) is 63.8 Å². The molecule has 2 aromatic rings. The van der Waals surface area contributed by atoms with E-state index >= 15 is 0 Å². The third-order valence-corrected chi connectivity index (χ3v) is 2.47. The fourth-order valence-corrected chi connectivity index (χ4v) is 1.32. The zero-order valence-corrected chi connectivity index (χ0v) is 8.94. The van der Waals surface area contributed by atoms with Crippen molar-refractivity contribution in [1.29, 1.82) is 0 Å². The molecule has 15 heavy (non-hydrogen) atoms. The predicted octanol–water partition coefficient (Wildman–Crippen LogP) is 1.46. The maximum atomic E-state index is 8.77. The van der Waals surface area contributed by atoms with Gasteiger partial charge in [-0.2, -0.15) is 0 Å². The quantitative estimate of drug-likeness (QED) is 0.869. The third-order valence-electron chi connectivity index (χ3n) is 1.73. The number of hydrogen-bond acceptors (Lipinski definition) is 4. The fraction of sp³-hybridized carbons (Fsp3) is 0.125. The van der Waals surface area contributed by atoms with Crippen LogP contribution in [0.25, 0.3) is 5.69 Å². The first kappa shape index (κ1) is 10.4. The Morgan fingerprint density at radius 1 is 1.27 bits per heavy atom. The standard InChI is InChI=1S/C8H6Cl2N4O/c9-6-2-1-5(3-7(6)10)14-12-8(4-15)11-13-14/h1-3,15H,4H2. The van der Waals surface area contributed by atoms with Gasteiger partial charge in [-0.3, -0.25) is 0 Å². The highest BCUT2D eigenvalue weighted by molar-refractivity contribution is 6.42. The minimum atomic E-state index is -0.249. The molecular weight excluding hydrogens is 239 g/mol. The van der Waals surface area contributed by atoms with E-state index < -0.39 is 0 Å². The van der Waals surface area contributed by atoms with E-state index in [2.05, 4.69) is 15.4 Å². The first-order valence-electron chi connectivity index (χ1n) is 4.06. The van der Waals surface area contributed by atoms with E-state index in [1.807, 2.05) is 0 Å². The van der Waals surface area contributed by atoms with Gasteiger partial charge < -0.3 is 5.11 Å². The van der Waals surface area contributed by atoms with Crippen LogP contribution < -0.4 is 0 Å². The molecule has 0 saturated heterocycles. The second-order valence-electron chi connectivity index (χ2n) is 2.75. The Balaban J connectivity index is 2.40. The molecule has 1 aromatic carbocycles. The second kappa shape index (κ2) is 4.14. The second-order valence-corrected chi connectivity index (χ2v) is 3.57. The van der Waals surface area contributed by atoms with Gasteiger partial charge in [0.2, 0.25) is 5.82 Å². The summed E-state index contributed by atoms with van der Waals surface area (Å²) in [5.41, 5.74) is 0.636. The van der Waals surface area contributed by atoms with Gasteiger partial charge in [-0.25, -0.2) is 0 Å². The lowest BCUT2D eigenvalue weighted by Crippen LogP contribution is -1.99. The van der Waals surface area contributed by atoms with Crippen molar-refractivity contribution in [2.45, 2.75) is 6.61 Å². The molecule has 5 nitrogen and oxygen atoms in total. The van der Waals surface area contributed by atoms with Crippen LogP contribution in [0, 0.1) is 0 Å². The van der Waals surface area contributed by atoms with Gasteiger partial charge in [0.05, 0.1) is 15.7 Å². The summed E-state index contributed by atoms with van der Waals surface area (Å²) >= 11 is 11.6. The molecule has 1 N–H and O–H groups in total. The molecule has 0 aliphatic carbocycles. The van der Waals surface area contributed by atoms with Gasteiger partial charge in [0, 0.05) is 0 Å². The molecule has 0 unspecified atom stereocenters. The maximum absolute atomic E-state index is 8.77. The summed E-state index contributed by atoms with van der Waals surface area (Å²) < 4.78 is 0. The molecule has 0 amide bonds. The summed E-state index contributed by atoms with van der Waals surface area (Å²) in [6, 6.07) is 4.96. The van der Waals surface area contributed by atoms with Gasteiger partial charge in [-0.1, -0.05) is 23.2 Å². The Morgan fingerprint density at radius 2 is 2.07 bits per heavy atom. The smallest absolute Gasteiger partial charge is 0.200 e. The van der Waals surface area contributed by atoms with Crippen molar-refractivity contribution >= 4 is 23.2 Å². The molecule has 1 aromatic heterocycles. The van der Waals surface area contributed by atoms with Crippen molar-refractivity contribution in [2.75, 3.05) is 0 Å². The number of nitrogens with zero attached hydrogens (tertiary/aromatic N) is 4. The number of hydrogen-bond donors (Lipinski definition) is 1. The van der Waals surface area contributed by atoms with E-state index in [0.717, 1.165) is 0 Å². The number of benzene rings is 1. The largest absolute Gasteiger partial charge is 0.388 e. The van der Waals surface area contributed by atoms with E-state index in [0.29, 0.717) is 15.7 Å². The first-order valence-corrected chi connectivity index (χ1v) is 4.81. The van der Waals surface area contributed by atoms with Gasteiger partial charge in [-0.05, 0) is 23.4 Å². The van der Waals surface area contributed by atoms with Crippen LogP contribution in [0.5, 0.6) is 0 Å². The van der Waals surface area contributed by atoms with E-state index in [1.54, 1.807) is 18.2 Å². The summed E-state index contributed by atoms with van der Waals surface area (Å²) in [6.07, 6.45) is 0. The molecular formula is C8H6Cl2N4O. The van der Waals surface area contributed by atoms with Crippen molar-refractivity contribution < 1.29 is 5.11 Å². The van der Waals surface area contributed by atoms with Gasteiger partial charge in [0.25, 0.3) is 0 Å². The van der Waals surface area contributed by atoms with E-state index in [4.69, 9.17) is 28.3 Å². The zero-order valence-electron chi connectivity index (χ0n) is 7.43. The van der Waals surface area contributed by atoms with Crippen LogP contribution in [0.4, 0.5) is 0 Å². The van der Waals surface area contributed by atoms with E-state index in [9.17, 15) is 0 Å². The van der Waals surface area contributed by atoms with Crippen molar-refractivity contribution in [3.05, 3.63) is 34.1 Å². The number of rotatable bonds is 2. The average Bonchev–Trinajstić information content (AvgIpc) is 2.70. The van der Waals surface area contributed by atoms with Crippen LogP contribution in [-0.2, 0) is 6.61 Å². The van der Waals surface area contributed by atoms with Crippen LogP contribution in [-0.4, -0.2) is 25.3 Å². The lowest BCUT2D eigenvalue weighted by molar-refractivity contribution is 0.271. The zero-order chi connectivity index (χ0) is 10.8. The van der Waals surface area contributed by atoms with Crippen LogP contribution >= 0.6 is 23.2 Å². The fourth-order valence-electron chi connectivity index (χ4n) is 1.03. The highest BCUT2D eigenvalue weighted by Gasteiger charge is 2.05. The van der Waals surface area contributed by atoms with E-state index in [-0.39, 0.29) is 12.4 Å². The molecule has 0 aliphatic heterocycles. The molecule has 0 radical (unpaired) electrons. The maximum Gasteiger partial charge on any atom is 0.200 e. The molecule has 78 valence electrons. The molecule has 0 aliphatic rings. The van der Waals surface area contributed by atoms with Crippen LogP contribution in [0.1, 0.15) is 5.82 Å². The summed E-state index contributed by atoms with van der Waals surface area (Å²) in [5.74, 6) is 0.251. The third kappa shape index (κ3) is 2.09. The Morgan fingerprint density at radius 3 is 2.67 bits per heavy atom. The lowest BCUT2D eigenvalue weighted by atomic mass is 10.3. The van der Waals surface area contributed by atoms with Crippen LogP contribution in [0.2, 0.25) is 10.0 Å². The summed E-state index contributed by atoms with van der Waals surface area (Å²) in [4.78, 5) is 1.27. The van der Waals surface area contributed by atoms with Crippen molar-refractivity contribution in [3.63, 3.8) is 0 Å². The van der Waals surface area contributed by atoms with Gasteiger partial charge >= 0.3 is 0 Å². The predicted molar refractivity (Wildman–Crippen MR) is 55.1 cm³/mol. The summed E-state index contributed by atoms with van der Waals surface area (Å²) in [7, 11) is 0. The Kier molecular flexibility index (Phi) is 2.86. The molecule has 2 rings (SSSR count). The van der Waals surface area contributed by atoms with Crippen molar-refractivity contribution in [2.24, 2.45) is 0 Å². The molecule has 0 atom stereocenters. The van der Waals surface area contributed by atoms with Gasteiger partial charge in [0.1, 0.15) is 6.61 Å². The van der Waals surface area contributed by atoms with Crippen LogP contribution in [0.15, 0.2) is 18.2 Å². The molecule has 0 fully saturated rings. The SMILES string of the molecule is OCc1nnn(-c2ccc(Cl)c(Cl)c2)n1. The minimum absolute atomic E-state index is 0.249. The highest BCUT2D eigenvalue weighted by Crippen LogP contribution is 2.23. The lowest BCUT2D eigenvalue weighted by Gasteiger charge is -1.99. The van der Waals surface area contributed by atoms with Crippen LogP contribution in [0.3, 0.4) is 0 Å². The Hall–Kier alpha value is -1.17. The summed E-state index contributed by atoms with van der Waals surface area (Å²) in [5, 5.41) is 20.9.